The minimum Gasteiger partial charge on any atom is -0.343 e. The van der Waals surface area contributed by atoms with Crippen LogP contribution in [0.3, 0.4) is 0 Å². The van der Waals surface area contributed by atoms with Crippen molar-refractivity contribution < 1.29 is 9.59 Å². The second-order valence-electron chi connectivity index (χ2n) is 7.14. The molecule has 2 aliphatic heterocycles. The van der Waals surface area contributed by atoms with Crippen molar-refractivity contribution in [1.82, 2.24) is 9.80 Å². The number of nitrogens with zero attached hydrogens (tertiary/aromatic N) is 2. The fourth-order valence-corrected chi connectivity index (χ4v) is 4.86. The van der Waals surface area contributed by atoms with Gasteiger partial charge in [-0.25, -0.2) is 0 Å². The van der Waals surface area contributed by atoms with Gasteiger partial charge in [-0.05, 0) is 55.9 Å². The molecule has 2 amide bonds. The van der Waals surface area contributed by atoms with Crippen molar-refractivity contribution in [3.8, 4) is 0 Å². The quantitative estimate of drug-likeness (QED) is 0.338. The van der Waals surface area contributed by atoms with Crippen LogP contribution < -0.4 is 0 Å². The number of hydrogen-bond donors (Lipinski definition) is 0. The lowest BCUT2D eigenvalue weighted by atomic mass is 10.1. The Morgan fingerprint density at radius 2 is 1.82 bits per heavy atom. The molecular formula is C21H25ClN2O2S2. The molecule has 0 saturated carbocycles. The fourth-order valence-electron chi connectivity index (χ4n) is 3.43. The second-order valence-corrected chi connectivity index (χ2v) is 9.25. The standard InChI is InChI=1S/C21H25ClN2O2S2/c22-17-10-8-16(9-11-17)15-18-20(26)24(21(27)28-18)14-6-1-3-7-19(25)23-12-4-2-5-13-23/h8-11,15H,1-7,12-14H2/b18-15-. The molecule has 2 saturated heterocycles. The molecule has 28 heavy (non-hydrogen) atoms. The number of unbranched alkanes of at least 4 members (excludes halogenated alkanes) is 2. The van der Waals surface area contributed by atoms with E-state index in [2.05, 4.69) is 0 Å². The van der Waals surface area contributed by atoms with Gasteiger partial charge in [-0.3, -0.25) is 14.5 Å². The average molecular weight is 437 g/mol. The Morgan fingerprint density at radius 3 is 2.54 bits per heavy atom. The van der Waals surface area contributed by atoms with E-state index in [1.165, 1.54) is 18.2 Å². The van der Waals surface area contributed by atoms with Gasteiger partial charge in [-0.2, -0.15) is 0 Å². The van der Waals surface area contributed by atoms with Crippen molar-refractivity contribution in [2.75, 3.05) is 19.6 Å². The van der Waals surface area contributed by atoms with Crippen LogP contribution >= 0.6 is 35.6 Å². The second kappa shape index (κ2) is 10.4. The van der Waals surface area contributed by atoms with Crippen LogP contribution in [0.2, 0.25) is 5.02 Å². The van der Waals surface area contributed by atoms with Gasteiger partial charge in [0.25, 0.3) is 5.91 Å². The van der Waals surface area contributed by atoms with Crippen LogP contribution in [0.1, 0.15) is 50.5 Å². The van der Waals surface area contributed by atoms with Gasteiger partial charge in [-0.1, -0.05) is 54.1 Å². The van der Waals surface area contributed by atoms with Gasteiger partial charge in [0.2, 0.25) is 5.91 Å². The number of rotatable bonds is 7. The lowest BCUT2D eigenvalue weighted by Crippen LogP contribution is -2.35. The number of hydrogen-bond acceptors (Lipinski definition) is 4. The van der Waals surface area contributed by atoms with Gasteiger partial charge >= 0.3 is 0 Å². The van der Waals surface area contributed by atoms with Gasteiger partial charge < -0.3 is 4.90 Å². The van der Waals surface area contributed by atoms with Crippen molar-refractivity contribution >= 4 is 57.8 Å². The molecule has 0 unspecified atom stereocenters. The van der Waals surface area contributed by atoms with Gasteiger partial charge in [0.1, 0.15) is 4.32 Å². The van der Waals surface area contributed by atoms with Gasteiger partial charge in [0, 0.05) is 31.1 Å². The summed E-state index contributed by atoms with van der Waals surface area (Å²) >= 11 is 12.6. The normalized spacial score (nSPS) is 19.0. The molecule has 0 radical (unpaired) electrons. The minimum absolute atomic E-state index is 0.0330. The Hall–Kier alpha value is -1.37. The average Bonchev–Trinajstić information content (AvgIpc) is 2.97. The molecule has 4 nitrogen and oxygen atoms in total. The van der Waals surface area contributed by atoms with Crippen LogP contribution in [-0.4, -0.2) is 45.6 Å². The van der Waals surface area contributed by atoms with Crippen molar-refractivity contribution in [2.24, 2.45) is 0 Å². The molecule has 0 aliphatic carbocycles. The molecule has 2 aliphatic rings. The van der Waals surface area contributed by atoms with Crippen molar-refractivity contribution in [3.05, 3.63) is 39.8 Å². The van der Waals surface area contributed by atoms with Crippen LogP contribution in [0, 0.1) is 0 Å². The van der Waals surface area contributed by atoms with Crippen molar-refractivity contribution in [2.45, 2.75) is 44.9 Å². The molecule has 0 N–H and O–H groups in total. The third-order valence-corrected chi connectivity index (χ3v) is 6.65. The summed E-state index contributed by atoms with van der Waals surface area (Å²) in [7, 11) is 0. The van der Waals surface area contributed by atoms with Gasteiger partial charge in [-0.15, -0.1) is 0 Å². The molecule has 0 aromatic heterocycles. The predicted octanol–water partition coefficient (Wildman–Crippen LogP) is 5.11. The topological polar surface area (TPSA) is 40.6 Å². The van der Waals surface area contributed by atoms with E-state index in [9.17, 15) is 9.59 Å². The zero-order chi connectivity index (χ0) is 19.9. The number of benzene rings is 1. The molecule has 1 aromatic carbocycles. The highest BCUT2D eigenvalue weighted by Gasteiger charge is 2.31. The summed E-state index contributed by atoms with van der Waals surface area (Å²) in [5.74, 6) is 0.241. The van der Waals surface area contributed by atoms with E-state index in [1.807, 2.05) is 23.1 Å². The molecule has 0 atom stereocenters. The summed E-state index contributed by atoms with van der Waals surface area (Å²) in [6.45, 7) is 2.44. The number of piperidine rings is 1. The summed E-state index contributed by atoms with van der Waals surface area (Å²) in [6, 6.07) is 7.38. The van der Waals surface area contributed by atoms with Crippen LogP contribution in [0.4, 0.5) is 0 Å². The van der Waals surface area contributed by atoms with Crippen molar-refractivity contribution in [1.29, 1.82) is 0 Å². The van der Waals surface area contributed by atoms with E-state index in [1.54, 1.807) is 17.0 Å². The smallest absolute Gasteiger partial charge is 0.266 e. The number of amides is 2. The van der Waals surface area contributed by atoms with Crippen molar-refractivity contribution in [3.63, 3.8) is 0 Å². The summed E-state index contributed by atoms with van der Waals surface area (Å²) in [4.78, 5) is 29.1. The minimum atomic E-state index is -0.0330. The maximum Gasteiger partial charge on any atom is 0.266 e. The van der Waals surface area contributed by atoms with E-state index >= 15 is 0 Å². The lowest BCUT2D eigenvalue weighted by molar-refractivity contribution is -0.132. The summed E-state index contributed by atoms with van der Waals surface area (Å²) in [5.41, 5.74) is 0.932. The number of thioether (sulfide) groups is 1. The van der Waals surface area contributed by atoms with E-state index in [0.717, 1.165) is 50.8 Å². The van der Waals surface area contributed by atoms with E-state index in [0.29, 0.717) is 27.2 Å². The fraction of sp³-hybridized carbons (Fsp3) is 0.476. The molecule has 3 rings (SSSR count). The third-order valence-electron chi connectivity index (χ3n) is 5.02. The number of carbonyl (C=O) groups excluding carboxylic acids is 2. The number of halogens is 1. The Balaban J connectivity index is 1.42. The maximum atomic E-state index is 12.6. The van der Waals surface area contributed by atoms with E-state index in [4.69, 9.17) is 23.8 Å². The predicted molar refractivity (Wildman–Crippen MR) is 120 cm³/mol. The first-order chi connectivity index (χ1) is 13.5. The largest absolute Gasteiger partial charge is 0.343 e. The van der Waals surface area contributed by atoms with E-state index in [-0.39, 0.29) is 11.8 Å². The summed E-state index contributed by atoms with van der Waals surface area (Å²) in [6.07, 6.45) is 8.60. The zero-order valence-corrected chi connectivity index (χ0v) is 18.3. The van der Waals surface area contributed by atoms with Gasteiger partial charge in [0.05, 0.1) is 4.91 Å². The first kappa shape index (κ1) is 21.3. The van der Waals surface area contributed by atoms with Crippen LogP contribution in [0.5, 0.6) is 0 Å². The summed E-state index contributed by atoms with van der Waals surface area (Å²) < 4.78 is 0.606. The molecule has 7 heteroatoms. The van der Waals surface area contributed by atoms with Crippen LogP contribution in [0.15, 0.2) is 29.2 Å². The summed E-state index contributed by atoms with van der Waals surface area (Å²) in [5, 5.41) is 0.670. The first-order valence-corrected chi connectivity index (χ1v) is 11.4. The highest BCUT2D eigenvalue weighted by atomic mass is 35.5. The molecule has 2 heterocycles. The Kier molecular flexibility index (Phi) is 7.94. The Morgan fingerprint density at radius 1 is 1.11 bits per heavy atom. The molecule has 150 valence electrons. The number of likely N-dealkylation sites (tertiary alicyclic amines) is 1. The molecular weight excluding hydrogens is 412 g/mol. The molecule has 0 bridgehead atoms. The maximum absolute atomic E-state index is 12.6. The van der Waals surface area contributed by atoms with Crippen LogP contribution in [-0.2, 0) is 9.59 Å². The Bertz CT molecular complexity index is 758. The molecule has 0 spiro atoms. The highest BCUT2D eigenvalue weighted by molar-refractivity contribution is 8.26. The monoisotopic (exact) mass is 436 g/mol. The first-order valence-electron chi connectivity index (χ1n) is 9.83. The molecule has 1 aromatic rings. The SMILES string of the molecule is O=C(CCCCCN1C(=O)/C(=C/c2ccc(Cl)cc2)SC1=S)N1CCCCC1. The third kappa shape index (κ3) is 5.82. The van der Waals surface area contributed by atoms with Crippen LogP contribution in [0.25, 0.3) is 6.08 Å². The molecule has 2 fully saturated rings. The Labute approximate surface area is 181 Å². The number of carbonyl (C=O) groups is 2. The highest BCUT2D eigenvalue weighted by Crippen LogP contribution is 2.33. The van der Waals surface area contributed by atoms with E-state index < -0.39 is 0 Å². The number of thiocarbonyl (C=S) groups is 1. The lowest BCUT2D eigenvalue weighted by Gasteiger charge is -2.26. The van der Waals surface area contributed by atoms with Gasteiger partial charge in [0.15, 0.2) is 0 Å². The zero-order valence-electron chi connectivity index (χ0n) is 15.9.